The van der Waals surface area contributed by atoms with Gasteiger partial charge in [-0.3, -0.25) is 4.90 Å². The number of nitriles is 1. The molecule has 2 aliphatic rings. The number of aromatic nitrogens is 1. The first-order valence-corrected chi connectivity index (χ1v) is 8.71. The summed E-state index contributed by atoms with van der Waals surface area (Å²) in [5.74, 6) is -1.83. The van der Waals surface area contributed by atoms with Gasteiger partial charge >= 0.3 is 0 Å². The average molecular weight is 417 g/mol. The molecule has 2 aromatic rings. The molecule has 27 heavy (non-hydrogen) atoms. The molecule has 0 saturated carbocycles. The number of nitrogens with two attached hydrogens (primary N) is 1. The molecule has 0 aliphatic carbocycles. The molecule has 1 fully saturated rings. The van der Waals surface area contributed by atoms with E-state index < -0.39 is 80.1 Å². The van der Waals surface area contributed by atoms with Crippen molar-refractivity contribution < 1.29 is 20.9 Å². The van der Waals surface area contributed by atoms with E-state index in [1.807, 2.05) is 5.73 Å². The molecule has 3 heterocycles. The van der Waals surface area contributed by atoms with Crippen LogP contribution in [0, 0.1) is 17.1 Å². The Morgan fingerprint density at radius 2 is 2.56 bits per heavy atom. The highest BCUT2D eigenvalue weighted by Crippen LogP contribution is 2.34. The highest BCUT2D eigenvalue weighted by atomic mass is 35.5. The van der Waals surface area contributed by atoms with Crippen LogP contribution in [0.15, 0.2) is 23.1 Å². The maximum Gasteiger partial charge on any atom is 0.186 e. The van der Waals surface area contributed by atoms with Gasteiger partial charge in [0.05, 0.1) is 12.4 Å². The van der Waals surface area contributed by atoms with Crippen LogP contribution in [-0.4, -0.2) is 41.4 Å². The van der Waals surface area contributed by atoms with Crippen molar-refractivity contribution >= 4 is 34.6 Å². The van der Waals surface area contributed by atoms with Gasteiger partial charge in [0.25, 0.3) is 0 Å². The maximum atomic E-state index is 14.3. The van der Waals surface area contributed by atoms with E-state index >= 15 is 0 Å². The Labute approximate surface area is 182 Å². The van der Waals surface area contributed by atoms with Gasteiger partial charge in [-0.05, 0) is 30.4 Å². The van der Waals surface area contributed by atoms with Crippen molar-refractivity contribution in [3.8, 4) is 6.07 Å². The van der Waals surface area contributed by atoms with Gasteiger partial charge in [-0.2, -0.15) is 5.26 Å². The van der Waals surface area contributed by atoms with Crippen molar-refractivity contribution in [1.29, 1.82) is 5.26 Å². The van der Waals surface area contributed by atoms with E-state index in [1.165, 1.54) is 6.07 Å². The van der Waals surface area contributed by atoms with Gasteiger partial charge in [0, 0.05) is 33.8 Å². The average Bonchev–Trinajstić information content (AvgIpc) is 3.21. The highest BCUT2D eigenvalue weighted by Gasteiger charge is 2.31. The van der Waals surface area contributed by atoms with Crippen molar-refractivity contribution in [2.45, 2.75) is 25.3 Å². The molecule has 1 aromatic heterocycles. The molecule has 140 valence electrons. The van der Waals surface area contributed by atoms with Crippen LogP contribution in [0.25, 0.3) is 0 Å². The number of anilines is 1. The Hall–Kier alpha value is -2.21. The number of hydrogen-bond acceptors (Lipinski definition) is 7. The number of amidine groups is 1. The van der Waals surface area contributed by atoms with Gasteiger partial charge in [0.2, 0.25) is 0 Å². The molecule has 4 rings (SSSR count). The van der Waals surface area contributed by atoms with Crippen LogP contribution in [-0.2, 0) is 6.50 Å². The van der Waals surface area contributed by atoms with E-state index in [0.717, 1.165) is 16.2 Å². The fourth-order valence-electron chi connectivity index (χ4n) is 2.42. The van der Waals surface area contributed by atoms with Gasteiger partial charge in [0.15, 0.2) is 11.7 Å². The van der Waals surface area contributed by atoms with Crippen molar-refractivity contribution in [2.24, 2.45) is 10.7 Å². The number of piperidine rings is 1. The Balaban J connectivity index is 1.85. The summed E-state index contributed by atoms with van der Waals surface area (Å²) in [5, 5.41) is 9.24. The molecular weight excluding hydrogens is 387 g/mol. The molecule has 1 aromatic carbocycles. The van der Waals surface area contributed by atoms with Crippen LogP contribution < -0.4 is 10.6 Å². The predicted octanol–water partition coefficient (Wildman–Crippen LogP) is 2.95. The zero-order chi connectivity index (χ0) is 29.5. The molecule has 0 radical (unpaired) electrons. The fourth-order valence-corrected chi connectivity index (χ4v) is 3.42. The SMILES string of the molecule is [2H]NC1=NC([2H])N(C2([2H])CCN(C([2H])([2H])c3c([2H])c([2H])c(F)c(C#N)c3[2H])C([2H])([2H])C2([2H])[2H])c2nc(Cl)sc21. The van der Waals surface area contributed by atoms with E-state index in [4.69, 9.17) is 28.1 Å². The minimum Gasteiger partial charge on any atom is -0.383 e. The van der Waals surface area contributed by atoms with E-state index in [1.54, 1.807) is 0 Å². The molecule has 0 spiro atoms. The summed E-state index contributed by atoms with van der Waals surface area (Å²) in [4.78, 5) is 9.19. The van der Waals surface area contributed by atoms with Crippen molar-refractivity contribution in [3.63, 3.8) is 0 Å². The number of benzene rings is 1. The summed E-state index contributed by atoms with van der Waals surface area (Å²) in [7, 11) is 0. The first kappa shape index (κ1) is 8.86. The van der Waals surface area contributed by atoms with Crippen LogP contribution >= 0.6 is 22.9 Å². The smallest absolute Gasteiger partial charge is 0.186 e. The summed E-state index contributed by atoms with van der Waals surface area (Å²) < 4.78 is 115. The van der Waals surface area contributed by atoms with E-state index in [2.05, 4.69) is 9.98 Å². The lowest BCUT2D eigenvalue weighted by Crippen LogP contribution is -2.47. The Morgan fingerprint density at radius 1 is 1.67 bits per heavy atom. The molecule has 0 amide bonds. The summed E-state index contributed by atoms with van der Waals surface area (Å²) >= 11 is 6.85. The van der Waals surface area contributed by atoms with Crippen LogP contribution in [0.5, 0.6) is 0 Å². The summed E-state index contributed by atoms with van der Waals surface area (Å²) in [5.41, 5.74) is -0.0103. The van der Waals surface area contributed by atoms with Crippen LogP contribution in [0.1, 0.15) is 43.9 Å². The topological polar surface area (TPSA) is 81.5 Å². The normalized spacial score (nSPS) is 36.1. The summed E-state index contributed by atoms with van der Waals surface area (Å²) in [6, 6.07) is -4.70. The maximum absolute atomic E-state index is 14.3. The lowest BCUT2D eigenvalue weighted by molar-refractivity contribution is 0.201. The predicted molar refractivity (Wildman–Crippen MR) is 105 cm³/mol. The largest absolute Gasteiger partial charge is 0.383 e. The molecule has 9 heteroatoms. The van der Waals surface area contributed by atoms with Gasteiger partial charge in [-0.25, -0.2) is 14.4 Å². The third-order valence-electron chi connectivity index (χ3n) is 3.65. The molecule has 1 saturated heterocycles. The van der Waals surface area contributed by atoms with E-state index in [-0.39, 0.29) is 21.0 Å². The third-order valence-corrected chi connectivity index (χ3v) is 4.81. The number of fused-ring (bicyclic) bond motifs is 1. The lowest BCUT2D eigenvalue weighted by Gasteiger charge is -2.39. The number of likely N-dealkylation sites (tertiary alicyclic amines) is 1. The second-order valence-corrected chi connectivity index (χ2v) is 6.91. The molecule has 2 aliphatic heterocycles. The van der Waals surface area contributed by atoms with E-state index in [9.17, 15) is 9.65 Å². The minimum atomic E-state index is -3.39. The van der Waals surface area contributed by atoms with Crippen molar-refractivity contribution in [1.82, 2.24) is 9.88 Å². The first-order chi connectivity index (χ1) is 17.9. The van der Waals surface area contributed by atoms with Crippen molar-refractivity contribution in [3.05, 3.63) is 44.4 Å². The molecule has 2 atom stereocenters. The summed E-state index contributed by atoms with van der Waals surface area (Å²) in [6.07, 6.45) is -4.01. The first-order valence-electron chi connectivity index (χ1n) is 13.6. The van der Waals surface area contributed by atoms with Gasteiger partial charge < -0.3 is 10.6 Å². The fraction of sp³-hybridized carbons (Fsp3) is 0.389. The molecule has 0 bridgehead atoms. The highest BCUT2D eigenvalue weighted by molar-refractivity contribution is 7.18. The minimum absolute atomic E-state index is 0.0789. The Morgan fingerprint density at radius 3 is 3.37 bits per heavy atom. The molecular formula is C18H18ClFN6S. The number of halogens is 2. The number of rotatable bonds is 3. The second kappa shape index (κ2) is 7.43. The van der Waals surface area contributed by atoms with Crippen LogP contribution in [0.3, 0.4) is 0 Å². The van der Waals surface area contributed by atoms with E-state index in [0.29, 0.717) is 4.90 Å². The quantitative estimate of drug-likeness (QED) is 0.831. The second-order valence-electron chi connectivity index (χ2n) is 5.33. The van der Waals surface area contributed by atoms with Crippen LogP contribution in [0.2, 0.25) is 5.88 Å². The number of aliphatic imine (C=N–C) groups is 1. The number of hydrogen-bond donors (Lipinski definition) is 1. The zero-order valence-corrected chi connectivity index (χ0v) is 15.0. The number of nitrogens with zero attached hydrogens (tertiary/aromatic N) is 5. The summed E-state index contributed by atoms with van der Waals surface area (Å²) in [6.45, 7) is -9.11. The lowest BCUT2D eigenvalue weighted by atomic mass is 10.0. The third kappa shape index (κ3) is 3.63. The standard InChI is InChI=1S/C18H18ClFN6S/c19-18-24-17-15(27-18)16(22)23-10-26(17)13-3-5-25(6-4-13)9-11-1-2-14(20)12(7-11)8-21/h1-2,7,13H,3-6,9-10H2,(H2,22,23)/i1D,2D,3D2,5D2,7D,9D2,10D,13D/hD. The van der Waals surface area contributed by atoms with Gasteiger partial charge in [-0.15, -0.1) is 0 Å². The van der Waals surface area contributed by atoms with Crippen LogP contribution in [0.4, 0.5) is 10.2 Å². The molecule has 2 unspecified atom stereocenters. The Kier molecular flexibility index (Phi) is 2.44. The Bertz CT molecular complexity index is 1430. The van der Waals surface area contributed by atoms with Gasteiger partial charge in [0.1, 0.15) is 29.2 Å². The molecule has 2 N–H and O–H groups in total. The zero-order valence-electron chi connectivity index (χ0n) is 25.4. The monoisotopic (exact) mass is 416 g/mol. The van der Waals surface area contributed by atoms with Gasteiger partial charge in [-0.1, -0.05) is 29.0 Å². The molecule has 6 nitrogen and oxygen atoms in total. The number of thiazole rings is 1. The van der Waals surface area contributed by atoms with Crippen molar-refractivity contribution in [2.75, 3.05) is 24.6 Å².